The number of methoxy groups -OCH3 is 1. The van der Waals surface area contributed by atoms with Crippen LogP contribution in [0, 0.1) is 5.92 Å². The van der Waals surface area contributed by atoms with Crippen LogP contribution in [-0.2, 0) is 14.8 Å². The van der Waals surface area contributed by atoms with Crippen LogP contribution < -0.4 is 9.46 Å². The van der Waals surface area contributed by atoms with Gasteiger partial charge in [-0.2, -0.15) is 0 Å². The number of sulfonamides is 1. The van der Waals surface area contributed by atoms with Crippen molar-refractivity contribution in [3.63, 3.8) is 0 Å². The highest BCUT2D eigenvalue weighted by molar-refractivity contribution is 7.89. The van der Waals surface area contributed by atoms with Crippen LogP contribution in [0.25, 0.3) is 6.08 Å². The number of ether oxygens (including phenoxy) is 1. The molecule has 3 rings (SSSR count). The molecular formula is C20H28N2O4S. The Balaban J connectivity index is 1.79. The minimum atomic E-state index is -3.64. The number of rotatable bonds is 5. The maximum atomic E-state index is 12.8. The minimum Gasteiger partial charge on any atom is -0.495 e. The predicted molar refractivity (Wildman–Crippen MR) is 105 cm³/mol. The molecule has 0 bridgehead atoms. The molecule has 27 heavy (non-hydrogen) atoms. The number of amides is 1. The van der Waals surface area contributed by atoms with E-state index in [2.05, 4.69) is 4.72 Å². The van der Waals surface area contributed by atoms with Crippen LogP contribution in [0.3, 0.4) is 0 Å². The lowest BCUT2D eigenvalue weighted by atomic mass is 9.78. The van der Waals surface area contributed by atoms with E-state index in [9.17, 15) is 13.2 Å². The monoisotopic (exact) mass is 392 g/mol. The van der Waals surface area contributed by atoms with E-state index >= 15 is 0 Å². The molecular weight excluding hydrogens is 364 g/mol. The molecule has 1 saturated heterocycles. The van der Waals surface area contributed by atoms with Crippen LogP contribution in [0.15, 0.2) is 29.2 Å². The van der Waals surface area contributed by atoms with Gasteiger partial charge in [0.1, 0.15) is 10.6 Å². The molecule has 2 atom stereocenters. The highest BCUT2D eigenvalue weighted by Crippen LogP contribution is 2.35. The highest BCUT2D eigenvalue weighted by atomic mass is 32.2. The molecule has 2 fully saturated rings. The summed E-state index contributed by atoms with van der Waals surface area (Å²) in [5.74, 6) is 0.924. The van der Waals surface area contributed by atoms with Gasteiger partial charge in [0.25, 0.3) is 0 Å². The first-order valence-electron chi connectivity index (χ1n) is 9.56. The fourth-order valence-corrected chi connectivity index (χ4v) is 5.21. The van der Waals surface area contributed by atoms with Gasteiger partial charge >= 0.3 is 0 Å². The SMILES string of the molecule is CNS(=O)(=O)c1cc(/C=C/C(=O)N2CCCC3CCCCC32)ccc1OC. The normalized spacial score (nSPS) is 23.3. The van der Waals surface area contributed by atoms with Crippen LogP contribution >= 0.6 is 0 Å². The molecule has 1 amide bonds. The van der Waals surface area contributed by atoms with Gasteiger partial charge in [0.2, 0.25) is 15.9 Å². The lowest BCUT2D eigenvalue weighted by Gasteiger charge is -2.43. The molecule has 1 aliphatic carbocycles. The zero-order chi connectivity index (χ0) is 19.4. The van der Waals surface area contributed by atoms with Gasteiger partial charge in [-0.25, -0.2) is 13.1 Å². The summed E-state index contributed by atoms with van der Waals surface area (Å²) in [5, 5.41) is 0. The van der Waals surface area contributed by atoms with E-state index in [-0.39, 0.29) is 16.6 Å². The molecule has 1 saturated carbocycles. The Morgan fingerprint density at radius 2 is 1.96 bits per heavy atom. The average molecular weight is 393 g/mol. The maximum absolute atomic E-state index is 12.8. The second-order valence-electron chi connectivity index (χ2n) is 7.24. The fourth-order valence-electron chi connectivity index (χ4n) is 4.28. The summed E-state index contributed by atoms with van der Waals surface area (Å²) >= 11 is 0. The van der Waals surface area contributed by atoms with Crippen LogP contribution in [0.4, 0.5) is 0 Å². The van der Waals surface area contributed by atoms with Gasteiger partial charge < -0.3 is 9.64 Å². The van der Waals surface area contributed by atoms with E-state index in [1.54, 1.807) is 24.3 Å². The van der Waals surface area contributed by atoms with Crippen molar-refractivity contribution >= 4 is 22.0 Å². The number of carbonyl (C=O) groups is 1. The van der Waals surface area contributed by atoms with Crippen LogP contribution in [0.2, 0.25) is 0 Å². The van der Waals surface area contributed by atoms with Gasteiger partial charge in [0.05, 0.1) is 7.11 Å². The Bertz CT molecular complexity index is 817. The van der Waals surface area contributed by atoms with Crippen LogP contribution in [0.5, 0.6) is 5.75 Å². The molecule has 0 spiro atoms. The number of carbonyl (C=O) groups excluding carboxylic acids is 1. The van der Waals surface area contributed by atoms with E-state index in [0.717, 1.165) is 19.4 Å². The minimum absolute atomic E-state index is 0.0143. The van der Waals surface area contributed by atoms with Crippen molar-refractivity contribution in [1.29, 1.82) is 0 Å². The zero-order valence-electron chi connectivity index (χ0n) is 16.0. The number of piperidine rings is 1. The second-order valence-corrected chi connectivity index (χ2v) is 9.09. The molecule has 0 aromatic heterocycles. The molecule has 148 valence electrons. The van der Waals surface area contributed by atoms with Gasteiger partial charge in [-0.05, 0) is 62.4 Å². The first kappa shape index (κ1) is 19.9. The third-order valence-electron chi connectivity index (χ3n) is 5.69. The average Bonchev–Trinajstić information content (AvgIpc) is 2.71. The van der Waals surface area contributed by atoms with Gasteiger partial charge in [0, 0.05) is 18.7 Å². The Kier molecular flexibility index (Phi) is 6.22. The molecule has 2 aliphatic rings. The van der Waals surface area contributed by atoms with Crippen molar-refractivity contribution in [1.82, 2.24) is 9.62 Å². The number of nitrogens with zero attached hydrogens (tertiary/aromatic N) is 1. The van der Waals surface area contributed by atoms with Crippen molar-refractivity contribution in [2.75, 3.05) is 20.7 Å². The molecule has 7 heteroatoms. The third kappa shape index (κ3) is 4.35. The van der Waals surface area contributed by atoms with Gasteiger partial charge in [-0.15, -0.1) is 0 Å². The maximum Gasteiger partial charge on any atom is 0.246 e. The van der Waals surface area contributed by atoms with Crippen molar-refractivity contribution in [3.8, 4) is 5.75 Å². The number of benzene rings is 1. The Morgan fingerprint density at radius 1 is 1.22 bits per heavy atom. The Labute approximate surface area is 161 Å². The zero-order valence-corrected chi connectivity index (χ0v) is 16.8. The summed E-state index contributed by atoms with van der Waals surface area (Å²) < 4.78 is 31.8. The summed E-state index contributed by atoms with van der Waals surface area (Å²) in [4.78, 5) is 14.8. The molecule has 0 radical (unpaired) electrons. The number of nitrogens with one attached hydrogen (secondary N) is 1. The number of likely N-dealkylation sites (tertiary alicyclic amines) is 1. The molecule has 1 aromatic carbocycles. The largest absolute Gasteiger partial charge is 0.495 e. The number of hydrogen-bond donors (Lipinski definition) is 1. The van der Waals surface area contributed by atoms with E-state index in [1.165, 1.54) is 45.9 Å². The fraction of sp³-hybridized carbons (Fsp3) is 0.550. The molecule has 2 unspecified atom stereocenters. The van der Waals surface area contributed by atoms with E-state index in [1.807, 2.05) is 4.90 Å². The van der Waals surface area contributed by atoms with Crippen LogP contribution in [-0.4, -0.2) is 46.0 Å². The quantitative estimate of drug-likeness (QED) is 0.782. The number of fused-ring (bicyclic) bond motifs is 1. The standard InChI is InChI=1S/C20H28N2O4S/c1-21-27(24,25)19-14-15(9-11-18(19)26-2)10-12-20(23)22-13-5-7-16-6-3-4-8-17(16)22/h9-12,14,16-17,21H,3-8,13H2,1-2H3/b12-10+. The first-order valence-corrected chi connectivity index (χ1v) is 11.0. The summed E-state index contributed by atoms with van der Waals surface area (Å²) in [5.41, 5.74) is 0.648. The predicted octanol–water partition coefficient (Wildman–Crippen LogP) is 2.80. The topological polar surface area (TPSA) is 75.7 Å². The number of hydrogen-bond acceptors (Lipinski definition) is 4. The van der Waals surface area contributed by atoms with Crippen molar-refractivity contribution in [2.45, 2.75) is 49.5 Å². The summed E-state index contributed by atoms with van der Waals surface area (Å²) in [7, 11) is -0.853. The smallest absolute Gasteiger partial charge is 0.246 e. The van der Waals surface area contributed by atoms with E-state index in [0.29, 0.717) is 17.5 Å². The molecule has 1 aliphatic heterocycles. The Morgan fingerprint density at radius 3 is 2.70 bits per heavy atom. The third-order valence-corrected chi connectivity index (χ3v) is 7.13. The first-order chi connectivity index (χ1) is 13.0. The van der Waals surface area contributed by atoms with Crippen LogP contribution in [0.1, 0.15) is 44.1 Å². The highest BCUT2D eigenvalue weighted by Gasteiger charge is 2.34. The van der Waals surface area contributed by atoms with E-state index in [4.69, 9.17) is 4.74 Å². The Hall–Kier alpha value is -1.86. The summed E-state index contributed by atoms with van der Waals surface area (Å²) in [6.45, 7) is 0.812. The van der Waals surface area contributed by atoms with Crippen molar-refractivity contribution in [3.05, 3.63) is 29.8 Å². The summed E-state index contributed by atoms with van der Waals surface area (Å²) in [6, 6.07) is 5.23. The van der Waals surface area contributed by atoms with Crippen molar-refractivity contribution in [2.24, 2.45) is 5.92 Å². The molecule has 1 N–H and O–H groups in total. The molecule has 1 aromatic rings. The molecule has 1 heterocycles. The van der Waals surface area contributed by atoms with E-state index < -0.39 is 10.0 Å². The molecule has 6 nitrogen and oxygen atoms in total. The van der Waals surface area contributed by atoms with Crippen molar-refractivity contribution < 1.29 is 17.9 Å². The lowest BCUT2D eigenvalue weighted by Crippen LogP contribution is -2.49. The van der Waals surface area contributed by atoms with Gasteiger partial charge in [-0.3, -0.25) is 4.79 Å². The van der Waals surface area contributed by atoms with Gasteiger partial charge in [-0.1, -0.05) is 18.9 Å². The lowest BCUT2D eigenvalue weighted by molar-refractivity contribution is -0.132. The second kappa shape index (κ2) is 8.44. The summed E-state index contributed by atoms with van der Waals surface area (Å²) in [6.07, 6.45) is 10.3. The van der Waals surface area contributed by atoms with Gasteiger partial charge in [0.15, 0.2) is 0 Å².